The number of hydrogen-bond donors (Lipinski definition) is 2. The number of nitrogens with one attached hydrogen (secondary N) is 1. The molecule has 3 N–H and O–H groups in total. The van der Waals surface area contributed by atoms with E-state index in [0.29, 0.717) is 26.0 Å². The van der Waals surface area contributed by atoms with Crippen molar-refractivity contribution in [1.29, 1.82) is 0 Å². The molecular formula is C13H11Br2N3O. The minimum atomic E-state index is -0.269. The van der Waals surface area contributed by atoms with Gasteiger partial charge in [-0.3, -0.25) is 4.79 Å². The number of carbonyl (C=O) groups is 1. The Morgan fingerprint density at radius 2 is 1.89 bits per heavy atom. The maximum absolute atomic E-state index is 12.1. The van der Waals surface area contributed by atoms with Gasteiger partial charge >= 0.3 is 0 Å². The van der Waals surface area contributed by atoms with Crippen LogP contribution in [0, 0.1) is 6.92 Å². The smallest absolute Gasteiger partial charge is 0.274 e. The van der Waals surface area contributed by atoms with E-state index in [4.69, 9.17) is 5.73 Å². The van der Waals surface area contributed by atoms with Crippen molar-refractivity contribution in [2.75, 3.05) is 11.1 Å². The van der Waals surface area contributed by atoms with Crippen molar-refractivity contribution in [2.45, 2.75) is 6.92 Å². The summed E-state index contributed by atoms with van der Waals surface area (Å²) in [5.41, 5.74) is 8.10. The summed E-state index contributed by atoms with van der Waals surface area (Å²) < 4.78 is 1.42. The second-order valence-corrected chi connectivity index (χ2v) is 5.69. The summed E-state index contributed by atoms with van der Waals surface area (Å²) in [4.78, 5) is 16.3. The fourth-order valence-electron chi connectivity index (χ4n) is 1.56. The first-order valence-electron chi connectivity index (χ1n) is 5.47. The summed E-state index contributed by atoms with van der Waals surface area (Å²) in [5, 5.41) is 2.80. The standard InChI is InChI=1S/C13H11Br2N3O/c1-7-3-2-4-11(17-7)13(19)18-12-9(14)5-8(16)6-10(12)15/h2-6H,16H2,1H3,(H,18,19). The summed E-state index contributed by atoms with van der Waals surface area (Å²) in [6.45, 7) is 1.84. The van der Waals surface area contributed by atoms with Crippen molar-refractivity contribution in [3.8, 4) is 0 Å². The zero-order chi connectivity index (χ0) is 14.0. The maximum atomic E-state index is 12.1. The summed E-state index contributed by atoms with van der Waals surface area (Å²) >= 11 is 6.74. The van der Waals surface area contributed by atoms with Crippen molar-refractivity contribution in [2.24, 2.45) is 0 Å². The van der Waals surface area contributed by atoms with E-state index < -0.39 is 0 Å². The molecule has 4 nitrogen and oxygen atoms in total. The third-order valence-corrected chi connectivity index (χ3v) is 3.67. The Morgan fingerprint density at radius 1 is 1.26 bits per heavy atom. The van der Waals surface area contributed by atoms with E-state index in [1.54, 1.807) is 24.3 Å². The first-order valence-corrected chi connectivity index (χ1v) is 7.05. The first-order chi connectivity index (χ1) is 8.97. The van der Waals surface area contributed by atoms with Gasteiger partial charge in [-0.15, -0.1) is 0 Å². The average Bonchev–Trinajstić information content (AvgIpc) is 2.33. The lowest BCUT2D eigenvalue weighted by molar-refractivity contribution is 0.102. The van der Waals surface area contributed by atoms with Crippen LogP contribution in [0.3, 0.4) is 0 Å². The van der Waals surface area contributed by atoms with Crippen LogP contribution in [-0.4, -0.2) is 10.9 Å². The molecule has 0 aliphatic carbocycles. The van der Waals surface area contributed by atoms with E-state index >= 15 is 0 Å². The van der Waals surface area contributed by atoms with Gasteiger partial charge in [-0.2, -0.15) is 0 Å². The SMILES string of the molecule is Cc1cccc(C(=O)Nc2c(Br)cc(N)cc2Br)n1. The molecule has 0 bridgehead atoms. The van der Waals surface area contributed by atoms with Crippen molar-refractivity contribution in [1.82, 2.24) is 4.98 Å². The highest BCUT2D eigenvalue weighted by molar-refractivity contribution is 9.11. The van der Waals surface area contributed by atoms with E-state index in [-0.39, 0.29) is 5.91 Å². The molecule has 0 saturated heterocycles. The number of nitrogens with zero attached hydrogens (tertiary/aromatic N) is 1. The van der Waals surface area contributed by atoms with E-state index in [1.165, 1.54) is 0 Å². The number of amides is 1. The molecule has 6 heteroatoms. The molecular weight excluding hydrogens is 374 g/mol. The van der Waals surface area contributed by atoms with Crippen LogP contribution in [0.25, 0.3) is 0 Å². The average molecular weight is 385 g/mol. The number of benzene rings is 1. The van der Waals surface area contributed by atoms with Gasteiger partial charge in [0.2, 0.25) is 0 Å². The van der Waals surface area contributed by atoms with Crippen molar-refractivity contribution < 1.29 is 4.79 Å². The molecule has 1 aromatic carbocycles. The molecule has 19 heavy (non-hydrogen) atoms. The first kappa shape index (κ1) is 14.0. The van der Waals surface area contributed by atoms with Gasteiger partial charge in [0.25, 0.3) is 5.91 Å². The van der Waals surface area contributed by atoms with E-state index in [0.717, 1.165) is 5.69 Å². The van der Waals surface area contributed by atoms with Crippen LogP contribution >= 0.6 is 31.9 Å². The van der Waals surface area contributed by atoms with Crippen molar-refractivity contribution in [3.05, 3.63) is 50.7 Å². The van der Waals surface area contributed by atoms with E-state index in [1.807, 2.05) is 13.0 Å². The quantitative estimate of drug-likeness (QED) is 0.774. The number of halogens is 2. The monoisotopic (exact) mass is 383 g/mol. The Labute approximate surface area is 127 Å². The number of rotatable bonds is 2. The molecule has 2 rings (SSSR count). The third-order valence-electron chi connectivity index (χ3n) is 2.42. The van der Waals surface area contributed by atoms with Crippen LogP contribution in [0.2, 0.25) is 0 Å². The van der Waals surface area contributed by atoms with Gasteiger partial charge in [0.1, 0.15) is 5.69 Å². The lowest BCUT2D eigenvalue weighted by Gasteiger charge is -2.10. The molecule has 0 radical (unpaired) electrons. The molecule has 1 heterocycles. The van der Waals surface area contributed by atoms with Crippen LogP contribution in [0.1, 0.15) is 16.2 Å². The van der Waals surface area contributed by atoms with Gasteiger partial charge in [0.05, 0.1) is 5.69 Å². The number of nitrogen functional groups attached to an aromatic ring is 1. The molecule has 1 aromatic heterocycles. The van der Waals surface area contributed by atoms with Crippen LogP contribution in [0.15, 0.2) is 39.3 Å². The fourth-order valence-corrected chi connectivity index (χ4v) is 2.98. The molecule has 0 saturated carbocycles. The lowest BCUT2D eigenvalue weighted by Crippen LogP contribution is -2.14. The Balaban J connectivity index is 2.29. The normalized spacial score (nSPS) is 10.3. The predicted octanol–water partition coefficient (Wildman–Crippen LogP) is 3.75. The Bertz CT molecular complexity index is 621. The van der Waals surface area contributed by atoms with Crippen LogP contribution in [0.4, 0.5) is 11.4 Å². The lowest BCUT2D eigenvalue weighted by atomic mass is 10.2. The number of hydrogen-bond acceptors (Lipinski definition) is 3. The van der Waals surface area contributed by atoms with Crippen LogP contribution in [-0.2, 0) is 0 Å². The molecule has 1 amide bonds. The summed E-state index contributed by atoms with van der Waals surface area (Å²) in [6, 6.07) is 8.76. The second-order valence-electron chi connectivity index (χ2n) is 3.98. The van der Waals surface area contributed by atoms with Crippen LogP contribution in [0.5, 0.6) is 0 Å². The Kier molecular flexibility index (Phi) is 4.21. The summed E-state index contributed by atoms with van der Waals surface area (Å²) in [7, 11) is 0. The van der Waals surface area contributed by atoms with Gasteiger partial charge in [0.15, 0.2) is 0 Å². The summed E-state index contributed by atoms with van der Waals surface area (Å²) in [6.07, 6.45) is 0. The molecule has 98 valence electrons. The predicted molar refractivity (Wildman–Crippen MR) is 83.2 cm³/mol. The van der Waals surface area contributed by atoms with Gasteiger partial charge < -0.3 is 11.1 Å². The van der Waals surface area contributed by atoms with E-state index in [2.05, 4.69) is 42.2 Å². The highest BCUT2D eigenvalue weighted by Gasteiger charge is 2.13. The zero-order valence-electron chi connectivity index (χ0n) is 10.1. The number of aromatic nitrogens is 1. The third kappa shape index (κ3) is 3.33. The number of carbonyl (C=O) groups excluding carboxylic acids is 1. The van der Waals surface area contributed by atoms with Gasteiger partial charge in [0, 0.05) is 20.3 Å². The molecule has 0 atom stereocenters. The number of aryl methyl sites for hydroxylation is 1. The van der Waals surface area contributed by atoms with E-state index in [9.17, 15) is 4.79 Å². The number of pyridine rings is 1. The largest absolute Gasteiger partial charge is 0.399 e. The van der Waals surface area contributed by atoms with Crippen molar-refractivity contribution in [3.63, 3.8) is 0 Å². The fraction of sp³-hybridized carbons (Fsp3) is 0.0769. The summed E-state index contributed by atoms with van der Waals surface area (Å²) in [5.74, 6) is -0.269. The molecule has 0 unspecified atom stereocenters. The molecule has 2 aromatic rings. The minimum Gasteiger partial charge on any atom is -0.399 e. The number of anilines is 2. The highest BCUT2D eigenvalue weighted by atomic mass is 79.9. The maximum Gasteiger partial charge on any atom is 0.274 e. The van der Waals surface area contributed by atoms with Crippen molar-refractivity contribution >= 4 is 49.1 Å². The Hall–Kier alpha value is -1.40. The van der Waals surface area contributed by atoms with Gasteiger partial charge in [-0.05, 0) is 63.0 Å². The molecule has 0 aliphatic heterocycles. The van der Waals surface area contributed by atoms with Gasteiger partial charge in [-0.1, -0.05) is 6.07 Å². The van der Waals surface area contributed by atoms with Gasteiger partial charge in [-0.25, -0.2) is 4.98 Å². The minimum absolute atomic E-state index is 0.269. The zero-order valence-corrected chi connectivity index (χ0v) is 13.2. The second kappa shape index (κ2) is 5.71. The molecule has 0 aliphatic rings. The molecule has 0 spiro atoms. The molecule has 0 fully saturated rings. The number of nitrogens with two attached hydrogens (primary N) is 1. The van der Waals surface area contributed by atoms with Crippen LogP contribution < -0.4 is 11.1 Å². The topological polar surface area (TPSA) is 68.0 Å². The highest BCUT2D eigenvalue weighted by Crippen LogP contribution is 2.33. The Morgan fingerprint density at radius 3 is 2.47 bits per heavy atom.